The highest BCUT2D eigenvalue weighted by atomic mass is 16.5. The third kappa shape index (κ3) is 5.57. The average Bonchev–Trinajstić information content (AvgIpc) is 2.47. The molecular formula is C16H30N2O4. The minimum atomic E-state index is -0.691. The summed E-state index contributed by atoms with van der Waals surface area (Å²) >= 11 is 0. The summed E-state index contributed by atoms with van der Waals surface area (Å²) in [6.45, 7) is 5.54. The average molecular weight is 314 g/mol. The minimum Gasteiger partial charge on any atom is -0.463 e. The van der Waals surface area contributed by atoms with Crippen LogP contribution in [-0.4, -0.2) is 41.3 Å². The Morgan fingerprint density at radius 1 is 1.36 bits per heavy atom. The second-order valence-corrected chi connectivity index (χ2v) is 6.22. The topological polar surface area (TPSA) is 102 Å². The standard InChI is InChI=1S/C16H30N2O4/c1-4-6-13(19)18-12-8-7-11(16(21)15(12)17)9-10(3)22-14(20)5-2/h10-12,15-16,21H,4-9,17H2,1-3H3,(H,18,19). The molecule has 0 spiro atoms. The van der Waals surface area contributed by atoms with Gasteiger partial charge in [0, 0.05) is 18.9 Å². The summed E-state index contributed by atoms with van der Waals surface area (Å²) in [4.78, 5) is 23.0. The molecule has 128 valence electrons. The van der Waals surface area contributed by atoms with E-state index in [1.807, 2.05) is 13.8 Å². The first-order valence-electron chi connectivity index (χ1n) is 8.31. The molecule has 1 saturated carbocycles. The molecule has 1 fully saturated rings. The van der Waals surface area contributed by atoms with Crippen LogP contribution in [0.2, 0.25) is 0 Å². The molecule has 22 heavy (non-hydrogen) atoms. The van der Waals surface area contributed by atoms with Crippen LogP contribution in [-0.2, 0) is 14.3 Å². The zero-order valence-electron chi connectivity index (χ0n) is 13.9. The van der Waals surface area contributed by atoms with Gasteiger partial charge in [0.2, 0.25) is 5.91 Å². The number of amides is 1. The number of nitrogens with one attached hydrogen (secondary N) is 1. The molecule has 0 saturated heterocycles. The first kappa shape index (κ1) is 18.9. The van der Waals surface area contributed by atoms with Gasteiger partial charge in [-0.15, -0.1) is 0 Å². The first-order valence-corrected chi connectivity index (χ1v) is 8.31. The van der Waals surface area contributed by atoms with Crippen LogP contribution in [0, 0.1) is 5.92 Å². The monoisotopic (exact) mass is 314 g/mol. The maximum Gasteiger partial charge on any atom is 0.305 e. The number of aliphatic hydroxyl groups excluding tert-OH is 1. The van der Waals surface area contributed by atoms with Crippen molar-refractivity contribution >= 4 is 11.9 Å². The Morgan fingerprint density at radius 3 is 2.64 bits per heavy atom. The molecule has 5 unspecified atom stereocenters. The summed E-state index contributed by atoms with van der Waals surface area (Å²) in [5, 5.41) is 13.3. The number of hydrogen-bond donors (Lipinski definition) is 3. The molecule has 1 aliphatic rings. The van der Waals surface area contributed by atoms with Crippen LogP contribution in [0.15, 0.2) is 0 Å². The molecule has 0 radical (unpaired) electrons. The Kier molecular flexibility index (Phi) is 7.82. The summed E-state index contributed by atoms with van der Waals surface area (Å²) < 4.78 is 5.25. The van der Waals surface area contributed by atoms with E-state index in [1.54, 1.807) is 6.92 Å². The van der Waals surface area contributed by atoms with E-state index in [0.29, 0.717) is 19.3 Å². The lowest BCUT2D eigenvalue weighted by Gasteiger charge is -2.39. The Hall–Kier alpha value is -1.14. The third-order valence-electron chi connectivity index (χ3n) is 4.27. The van der Waals surface area contributed by atoms with Gasteiger partial charge in [-0.25, -0.2) is 0 Å². The van der Waals surface area contributed by atoms with Gasteiger partial charge in [-0.1, -0.05) is 13.8 Å². The quantitative estimate of drug-likeness (QED) is 0.611. The number of nitrogens with two attached hydrogens (primary N) is 1. The maximum atomic E-state index is 11.7. The summed E-state index contributed by atoms with van der Waals surface area (Å²) in [6.07, 6.45) is 2.80. The van der Waals surface area contributed by atoms with Crippen molar-refractivity contribution < 1.29 is 19.4 Å². The van der Waals surface area contributed by atoms with Gasteiger partial charge in [0.25, 0.3) is 0 Å². The molecule has 0 aromatic heterocycles. The van der Waals surface area contributed by atoms with E-state index in [4.69, 9.17) is 10.5 Å². The highest BCUT2D eigenvalue weighted by Crippen LogP contribution is 2.28. The van der Waals surface area contributed by atoms with Crippen molar-refractivity contribution in [1.29, 1.82) is 0 Å². The molecule has 0 aromatic rings. The van der Waals surface area contributed by atoms with Crippen molar-refractivity contribution in [2.24, 2.45) is 11.7 Å². The second-order valence-electron chi connectivity index (χ2n) is 6.22. The van der Waals surface area contributed by atoms with Crippen LogP contribution in [0.5, 0.6) is 0 Å². The van der Waals surface area contributed by atoms with E-state index in [0.717, 1.165) is 19.3 Å². The number of hydrogen-bond acceptors (Lipinski definition) is 5. The van der Waals surface area contributed by atoms with E-state index < -0.39 is 12.1 Å². The van der Waals surface area contributed by atoms with Gasteiger partial charge in [-0.3, -0.25) is 9.59 Å². The molecule has 1 aliphatic carbocycles. The number of esters is 1. The zero-order chi connectivity index (χ0) is 16.7. The van der Waals surface area contributed by atoms with Crippen LogP contribution in [0.3, 0.4) is 0 Å². The SMILES string of the molecule is CCCC(=O)NC1CCC(CC(C)OC(=O)CC)C(O)C1N. The fourth-order valence-corrected chi connectivity index (χ4v) is 3.02. The van der Waals surface area contributed by atoms with Crippen molar-refractivity contribution in [3.05, 3.63) is 0 Å². The number of aliphatic hydroxyl groups is 1. The van der Waals surface area contributed by atoms with Crippen LogP contribution >= 0.6 is 0 Å². The molecule has 5 atom stereocenters. The lowest BCUT2D eigenvalue weighted by Crippen LogP contribution is -2.58. The van der Waals surface area contributed by atoms with Crippen molar-refractivity contribution in [3.8, 4) is 0 Å². The zero-order valence-corrected chi connectivity index (χ0v) is 13.9. The highest BCUT2D eigenvalue weighted by molar-refractivity contribution is 5.76. The van der Waals surface area contributed by atoms with Gasteiger partial charge < -0.3 is 20.9 Å². The summed E-state index contributed by atoms with van der Waals surface area (Å²) in [5.41, 5.74) is 6.09. The van der Waals surface area contributed by atoms with Crippen LogP contribution in [0.4, 0.5) is 0 Å². The van der Waals surface area contributed by atoms with Gasteiger partial charge in [-0.05, 0) is 38.5 Å². The minimum absolute atomic E-state index is 0.00557. The van der Waals surface area contributed by atoms with Crippen molar-refractivity contribution in [2.75, 3.05) is 0 Å². The predicted octanol–water partition coefficient (Wildman–Crippen LogP) is 1.10. The van der Waals surface area contributed by atoms with E-state index in [1.165, 1.54) is 0 Å². The predicted molar refractivity (Wildman–Crippen MR) is 84.0 cm³/mol. The summed E-state index contributed by atoms with van der Waals surface area (Å²) in [7, 11) is 0. The molecule has 4 N–H and O–H groups in total. The van der Waals surface area contributed by atoms with Crippen LogP contribution < -0.4 is 11.1 Å². The van der Waals surface area contributed by atoms with Crippen molar-refractivity contribution in [3.63, 3.8) is 0 Å². The lowest BCUT2D eigenvalue weighted by atomic mass is 9.77. The molecule has 6 nitrogen and oxygen atoms in total. The third-order valence-corrected chi connectivity index (χ3v) is 4.27. The first-order chi connectivity index (χ1) is 10.4. The van der Waals surface area contributed by atoms with Gasteiger partial charge in [0.1, 0.15) is 0 Å². The number of carbonyl (C=O) groups is 2. The molecular weight excluding hydrogens is 284 g/mol. The largest absolute Gasteiger partial charge is 0.463 e. The second kappa shape index (κ2) is 9.10. The molecule has 6 heteroatoms. The van der Waals surface area contributed by atoms with Gasteiger partial charge >= 0.3 is 5.97 Å². The lowest BCUT2D eigenvalue weighted by molar-refractivity contribution is -0.149. The summed E-state index contributed by atoms with van der Waals surface area (Å²) in [5.74, 6) is -0.250. The Morgan fingerprint density at radius 2 is 2.05 bits per heavy atom. The molecule has 0 bridgehead atoms. The normalized spacial score (nSPS) is 29.7. The van der Waals surface area contributed by atoms with Crippen LogP contribution in [0.1, 0.15) is 59.3 Å². The smallest absolute Gasteiger partial charge is 0.305 e. The van der Waals surface area contributed by atoms with Crippen LogP contribution in [0.25, 0.3) is 0 Å². The Bertz CT molecular complexity index is 375. The van der Waals surface area contributed by atoms with Crippen molar-refractivity contribution in [1.82, 2.24) is 5.32 Å². The Labute approximate surface area is 132 Å². The summed E-state index contributed by atoms with van der Waals surface area (Å²) in [6, 6.07) is -0.660. The van der Waals surface area contributed by atoms with Crippen molar-refractivity contribution in [2.45, 2.75) is 83.6 Å². The fourth-order valence-electron chi connectivity index (χ4n) is 3.02. The molecule has 0 heterocycles. The fraction of sp³-hybridized carbons (Fsp3) is 0.875. The van der Waals surface area contributed by atoms with E-state index in [2.05, 4.69) is 5.32 Å². The van der Waals surface area contributed by atoms with E-state index in [9.17, 15) is 14.7 Å². The molecule has 0 aliphatic heterocycles. The number of carbonyl (C=O) groups excluding carboxylic acids is 2. The van der Waals surface area contributed by atoms with E-state index in [-0.39, 0.29) is 29.9 Å². The highest BCUT2D eigenvalue weighted by Gasteiger charge is 2.37. The Balaban J connectivity index is 2.48. The number of rotatable bonds is 7. The molecule has 1 amide bonds. The van der Waals surface area contributed by atoms with Gasteiger partial charge in [0.15, 0.2) is 0 Å². The maximum absolute atomic E-state index is 11.7. The van der Waals surface area contributed by atoms with E-state index >= 15 is 0 Å². The van der Waals surface area contributed by atoms with Gasteiger partial charge in [0.05, 0.1) is 18.2 Å². The van der Waals surface area contributed by atoms with Gasteiger partial charge in [-0.2, -0.15) is 0 Å². The molecule has 0 aromatic carbocycles. The number of ether oxygens (including phenoxy) is 1. The molecule has 1 rings (SSSR count).